The number of hydrogen-bond donors (Lipinski definition) is 0. The number of nitrogens with zero attached hydrogens (tertiary/aromatic N) is 1. The second-order valence-electron chi connectivity index (χ2n) is 4.81. The van der Waals surface area contributed by atoms with E-state index in [9.17, 15) is 12.8 Å². The fourth-order valence-corrected chi connectivity index (χ4v) is 3.63. The third kappa shape index (κ3) is 3.31. The summed E-state index contributed by atoms with van der Waals surface area (Å²) in [4.78, 5) is 0.0510. The van der Waals surface area contributed by atoms with Crippen molar-refractivity contribution in [1.82, 2.24) is 4.31 Å². The molecule has 1 heterocycles. The largest absolute Gasteiger partial charge is 0.377 e. The van der Waals surface area contributed by atoms with Crippen LogP contribution in [-0.4, -0.2) is 39.0 Å². The standard InChI is InChI=1S/C13H17ClFNO3S/c1-16(9-11-3-2-6-19-11)20(17,18)12-4-5-13(15)10(7-12)8-14/h4-5,7,11H,2-3,6,8-9H2,1H3. The van der Waals surface area contributed by atoms with Crippen LogP contribution in [0.1, 0.15) is 18.4 Å². The van der Waals surface area contributed by atoms with E-state index < -0.39 is 15.8 Å². The van der Waals surface area contributed by atoms with E-state index in [0.717, 1.165) is 18.9 Å². The number of ether oxygens (including phenoxy) is 1. The Labute approximate surface area is 123 Å². The lowest BCUT2D eigenvalue weighted by molar-refractivity contribution is 0.0979. The van der Waals surface area contributed by atoms with Gasteiger partial charge in [0.15, 0.2) is 0 Å². The van der Waals surface area contributed by atoms with Gasteiger partial charge in [0.2, 0.25) is 10.0 Å². The van der Waals surface area contributed by atoms with Gasteiger partial charge in [-0.05, 0) is 31.0 Å². The van der Waals surface area contributed by atoms with Crippen molar-refractivity contribution in [2.75, 3.05) is 20.2 Å². The van der Waals surface area contributed by atoms with Crippen LogP contribution >= 0.6 is 11.6 Å². The lowest BCUT2D eigenvalue weighted by Crippen LogP contribution is -2.34. The molecule has 0 saturated carbocycles. The molecule has 0 bridgehead atoms. The summed E-state index contributed by atoms with van der Waals surface area (Å²) in [6, 6.07) is 3.67. The van der Waals surface area contributed by atoms with E-state index in [0.29, 0.717) is 13.2 Å². The lowest BCUT2D eigenvalue weighted by atomic mass is 10.2. The smallest absolute Gasteiger partial charge is 0.242 e. The molecule has 1 saturated heterocycles. The van der Waals surface area contributed by atoms with Gasteiger partial charge in [-0.3, -0.25) is 0 Å². The van der Waals surface area contributed by atoms with Crippen molar-refractivity contribution in [1.29, 1.82) is 0 Å². The SMILES string of the molecule is CN(CC1CCCO1)S(=O)(=O)c1ccc(F)c(CCl)c1. The summed E-state index contributed by atoms with van der Waals surface area (Å²) >= 11 is 5.60. The topological polar surface area (TPSA) is 46.6 Å². The normalized spacial score (nSPS) is 19.7. The highest BCUT2D eigenvalue weighted by atomic mass is 35.5. The van der Waals surface area contributed by atoms with Crippen molar-refractivity contribution < 1.29 is 17.5 Å². The van der Waals surface area contributed by atoms with Crippen molar-refractivity contribution in [3.8, 4) is 0 Å². The molecule has 7 heteroatoms. The van der Waals surface area contributed by atoms with E-state index >= 15 is 0 Å². The Balaban J connectivity index is 2.20. The van der Waals surface area contributed by atoms with E-state index in [1.54, 1.807) is 0 Å². The van der Waals surface area contributed by atoms with Gasteiger partial charge in [-0.25, -0.2) is 12.8 Å². The molecule has 0 radical (unpaired) electrons. The summed E-state index contributed by atoms with van der Waals surface area (Å²) in [6.07, 6.45) is 1.74. The molecule has 1 aromatic rings. The highest BCUT2D eigenvalue weighted by Gasteiger charge is 2.26. The molecular weight excluding hydrogens is 305 g/mol. The molecule has 0 aromatic heterocycles. The minimum absolute atomic E-state index is 0.0510. The van der Waals surface area contributed by atoms with Crippen molar-refractivity contribution in [2.24, 2.45) is 0 Å². The number of rotatable bonds is 5. The third-order valence-corrected chi connectivity index (χ3v) is 5.46. The molecule has 2 rings (SSSR count). The van der Waals surface area contributed by atoms with Crippen LogP contribution in [-0.2, 0) is 20.6 Å². The molecule has 0 spiro atoms. The first-order valence-electron chi connectivity index (χ1n) is 6.37. The summed E-state index contributed by atoms with van der Waals surface area (Å²) in [5, 5.41) is 0. The Morgan fingerprint density at radius 1 is 1.50 bits per heavy atom. The molecule has 4 nitrogen and oxygen atoms in total. The molecule has 1 aliphatic rings. The van der Waals surface area contributed by atoms with Gasteiger partial charge in [0.05, 0.1) is 16.9 Å². The van der Waals surface area contributed by atoms with Gasteiger partial charge in [0.1, 0.15) is 5.82 Å². The molecule has 0 N–H and O–H groups in total. The number of benzene rings is 1. The van der Waals surface area contributed by atoms with Crippen LogP contribution in [0.5, 0.6) is 0 Å². The van der Waals surface area contributed by atoms with Crippen LogP contribution in [0, 0.1) is 5.82 Å². The average molecular weight is 322 g/mol. The average Bonchev–Trinajstić information content (AvgIpc) is 2.91. The first-order chi connectivity index (χ1) is 9.45. The maximum Gasteiger partial charge on any atom is 0.242 e. The van der Waals surface area contributed by atoms with Crippen LogP contribution in [0.25, 0.3) is 0 Å². The van der Waals surface area contributed by atoms with Crippen molar-refractivity contribution in [3.05, 3.63) is 29.6 Å². The number of sulfonamides is 1. The first-order valence-corrected chi connectivity index (χ1v) is 8.35. The number of halogens is 2. The van der Waals surface area contributed by atoms with E-state index in [4.69, 9.17) is 16.3 Å². The monoisotopic (exact) mass is 321 g/mol. The molecule has 20 heavy (non-hydrogen) atoms. The molecule has 1 aromatic carbocycles. The van der Waals surface area contributed by atoms with Gasteiger partial charge in [0.25, 0.3) is 0 Å². The Morgan fingerprint density at radius 2 is 2.25 bits per heavy atom. The lowest BCUT2D eigenvalue weighted by Gasteiger charge is -2.20. The van der Waals surface area contributed by atoms with Gasteiger partial charge >= 0.3 is 0 Å². The zero-order chi connectivity index (χ0) is 14.8. The molecule has 1 aliphatic heterocycles. The second kappa shape index (κ2) is 6.39. The van der Waals surface area contributed by atoms with Gasteiger partial charge in [0, 0.05) is 25.8 Å². The van der Waals surface area contributed by atoms with Crippen LogP contribution < -0.4 is 0 Å². The summed E-state index contributed by atoms with van der Waals surface area (Å²) in [7, 11) is -2.15. The van der Waals surface area contributed by atoms with Gasteiger partial charge in [-0.15, -0.1) is 11.6 Å². The predicted molar refractivity (Wildman–Crippen MR) is 74.7 cm³/mol. The fourth-order valence-electron chi connectivity index (χ4n) is 2.17. The minimum Gasteiger partial charge on any atom is -0.377 e. The number of alkyl halides is 1. The van der Waals surface area contributed by atoms with Crippen LogP contribution in [0.4, 0.5) is 4.39 Å². The highest BCUT2D eigenvalue weighted by Crippen LogP contribution is 2.21. The zero-order valence-corrected chi connectivity index (χ0v) is 12.8. The van der Waals surface area contributed by atoms with Gasteiger partial charge in [-0.1, -0.05) is 0 Å². The molecule has 0 amide bonds. The van der Waals surface area contributed by atoms with E-state index in [-0.39, 0.29) is 22.4 Å². The predicted octanol–water partition coefficient (Wildman–Crippen LogP) is 2.36. The molecule has 1 unspecified atom stereocenters. The molecule has 1 fully saturated rings. The molecule has 112 valence electrons. The Morgan fingerprint density at radius 3 is 2.85 bits per heavy atom. The Kier molecular flexibility index (Phi) is 5.01. The first kappa shape index (κ1) is 15.7. The highest BCUT2D eigenvalue weighted by molar-refractivity contribution is 7.89. The van der Waals surface area contributed by atoms with Crippen molar-refractivity contribution >= 4 is 21.6 Å². The number of hydrogen-bond acceptors (Lipinski definition) is 3. The van der Waals surface area contributed by atoms with Gasteiger partial charge in [-0.2, -0.15) is 4.31 Å². The van der Waals surface area contributed by atoms with E-state index in [2.05, 4.69) is 0 Å². The van der Waals surface area contributed by atoms with Crippen molar-refractivity contribution in [3.63, 3.8) is 0 Å². The fraction of sp³-hybridized carbons (Fsp3) is 0.538. The maximum absolute atomic E-state index is 13.4. The van der Waals surface area contributed by atoms with Crippen LogP contribution in [0.2, 0.25) is 0 Å². The summed E-state index contributed by atoms with van der Waals surface area (Å²) < 4.78 is 44.9. The molecule has 1 atom stereocenters. The van der Waals surface area contributed by atoms with Crippen molar-refractivity contribution in [2.45, 2.75) is 29.7 Å². The minimum atomic E-state index is -3.65. The third-order valence-electron chi connectivity index (χ3n) is 3.35. The molecular formula is C13H17ClFNO3S. The summed E-state index contributed by atoms with van der Waals surface area (Å²) in [5.74, 6) is -0.564. The molecule has 0 aliphatic carbocycles. The Bertz CT molecular complexity index is 573. The van der Waals surface area contributed by atoms with Crippen LogP contribution in [0.15, 0.2) is 23.1 Å². The number of likely N-dealkylation sites (N-methyl/N-ethyl adjacent to an activating group) is 1. The summed E-state index contributed by atoms with van der Waals surface area (Å²) in [5.41, 5.74) is 0.179. The second-order valence-corrected chi connectivity index (χ2v) is 7.12. The maximum atomic E-state index is 13.4. The quantitative estimate of drug-likeness (QED) is 0.782. The van der Waals surface area contributed by atoms with E-state index in [1.165, 1.54) is 23.5 Å². The van der Waals surface area contributed by atoms with Crippen LogP contribution in [0.3, 0.4) is 0 Å². The Hall–Kier alpha value is -0.690. The van der Waals surface area contributed by atoms with E-state index in [1.807, 2.05) is 0 Å². The van der Waals surface area contributed by atoms with Gasteiger partial charge < -0.3 is 4.74 Å². The summed E-state index contributed by atoms with van der Waals surface area (Å²) in [6.45, 7) is 0.974. The zero-order valence-electron chi connectivity index (χ0n) is 11.2.